The zero-order chi connectivity index (χ0) is 12.9. The second kappa shape index (κ2) is 6.36. The molecule has 1 aliphatic carbocycles. The highest BCUT2D eigenvalue weighted by Crippen LogP contribution is 2.27. The van der Waals surface area contributed by atoms with Crippen LogP contribution in [0, 0.1) is 0 Å². The molecule has 1 unspecified atom stereocenters. The fourth-order valence-electron chi connectivity index (χ4n) is 1.98. The van der Waals surface area contributed by atoms with Gasteiger partial charge in [-0.1, -0.05) is 6.92 Å². The van der Waals surface area contributed by atoms with Gasteiger partial charge in [-0.15, -0.1) is 0 Å². The van der Waals surface area contributed by atoms with Gasteiger partial charge in [0.25, 0.3) is 0 Å². The fourth-order valence-corrected chi connectivity index (χ4v) is 1.98. The van der Waals surface area contributed by atoms with Crippen molar-refractivity contribution < 1.29 is 9.53 Å². The van der Waals surface area contributed by atoms with E-state index in [2.05, 4.69) is 11.8 Å². The number of hydrogen-bond acceptors (Lipinski definition) is 4. The number of hydrogen-bond donors (Lipinski definition) is 1. The molecule has 1 atom stereocenters. The molecule has 1 fully saturated rings. The van der Waals surface area contributed by atoms with Crippen LogP contribution < -0.4 is 5.73 Å². The maximum Gasteiger partial charge on any atom is 0.325 e. The number of nitrogens with two attached hydrogens (primary N) is 1. The van der Waals surface area contributed by atoms with E-state index in [1.807, 2.05) is 6.92 Å². The van der Waals surface area contributed by atoms with Crippen molar-refractivity contribution in [3.8, 4) is 0 Å². The topological polar surface area (TPSA) is 55.6 Å². The van der Waals surface area contributed by atoms with Crippen LogP contribution in [-0.4, -0.2) is 42.1 Å². The van der Waals surface area contributed by atoms with Crippen LogP contribution in [0.15, 0.2) is 0 Å². The largest absolute Gasteiger partial charge is 0.465 e. The summed E-state index contributed by atoms with van der Waals surface area (Å²) in [4.78, 5) is 14.1. The van der Waals surface area contributed by atoms with Gasteiger partial charge >= 0.3 is 5.97 Å². The van der Waals surface area contributed by atoms with E-state index in [-0.39, 0.29) is 5.97 Å². The average molecular weight is 242 g/mol. The summed E-state index contributed by atoms with van der Waals surface area (Å²) in [5.74, 6) is -0.285. The zero-order valence-corrected chi connectivity index (χ0v) is 11.4. The number of carbonyl (C=O) groups is 1. The molecule has 100 valence electrons. The molecule has 1 saturated carbocycles. The van der Waals surface area contributed by atoms with Crippen molar-refractivity contribution in [3.63, 3.8) is 0 Å². The van der Waals surface area contributed by atoms with Crippen LogP contribution in [0.1, 0.15) is 46.5 Å². The Morgan fingerprint density at radius 2 is 2.06 bits per heavy atom. The predicted octanol–water partition coefficient (Wildman–Crippen LogP) is 1.53. The first-order chi connectivity index (χ1) is 8.01. The minimum atomic E-state index is -0.850. The van der Waals surface area contributed by atoms with E-state index in [1.54, 1.807) is 6.92 Å². The van der Waals surface area contributed by atoms with Gasteiger partial charge in [0.15, 0.2) is 0 Å². The highest BCUT2D eigenvalue weighted by atomic mass is 16.5. The van der Waals surface area contributed by atoms with Gasteiger partial charge in [0.2, 0.25) is 0 Å². The van der Waals surface area contributed by atoms with E-state index in [9.17, 15) is 4.79 Å². The van der Waals surface area contributed by atoms with Crippen molar-refractivity contribution in [2.45, 2.75) is 58.0 Å². The van der Waals surface area contributed by atoms with Crippen LogP contribution in [0.5, 0.6) is 0 Å². The van der Waals surface area contributed by atoms with Gasteiger partial charge < -0.3 is 15.4 Å². The molecule has 0 saturated heterocycles. The SMILES string of the molecule is CCCN(CCC(C)(N)C(=O)OCC)C1CC1. The molecule has 0 amide bonds. The summed E-state index contributed by atoms with van der Waals surface area (Å²) in [5, 5.41) is 0. The fraction of sp³-hybridized carbons (Fsp3) is 0.923. The van der Waals surface area contributed by atoms with Crippen LogP contribution >= 0.6 is 0 Å². The maximum absolute atomic E-state index is 11.7. The summed E-state index contributed by atoms with van der Waals surface area (Å²) >= 11 is 0. The second-order valence-corrected chi connectivity index (χ2v) is 5.16. The first-order valence-corrected chi connectivity index (χ1v) is 6.71. The van der Waals surface area contributed by atoms with Gasteiger partial charge in [-0.2, -0.15) is 0 Å². The van der Waals surface area contributed by atoms with E-state index in [4.69, 9.17) is 10.5 Å². The van der Waals surface area contributed by atoms with Crippen molar-refractivity contribution in [1.29, 1.82) is 0 Å². The standard InChI is InChI=1S/C13H26N2O2/c1-4-9-15(11-6-7-11)10-8-13(3,14)12(16)17-5-2/h11H,4-10,14H2,1-3H3. The molecule has 4 nitrogen and oxygen atoms in total. The molecular formula is C13H26N2O2. The molecule has 1 aliphatic rings. The van der Waals surface area contributed by atoms with Gasteiger partial charge in [-0.25, -0.2) is 0 Å². The summed E-state index contributed by atoms with van der Waals surface area (Å²) in [7, 11) is 0. The molecule has 17 heavy (non-hydrogen) atoms. The predicted molar refractivity (Wildman–Crippen MR) is 68.7 cm³/mol. The Bertz CT molecular complexity index is 250. The Balaban J connectivity index is 2.38. The molecule has 1 rings (SSSR count). The van der Waals surface area contributed by atoms with Crippen molar-refractivity contribution in [2.24, 2.45) is 5.73 Å². The van der Waals surface area contributed by atoms with E-state index in [0.717, 1.165) is 25.6 Å². The molecule has 0 spiro atoms. The third kappa shape index (κ3) is 4.64. The number of rotatable bonds is 8. The van der Waals surface area contributed by atoms with Gasteiger partial charge in [-0.3, -0.25) is 4.79 Å². The summed E-state index contributed by atoms with van der Waals surface area (Å²) in [6.45, 7) is 8.15. The zero-order valence-electron chi connectivity index (χ0n) is 11.4. The monoisotopic (exact) mass is 242 g/mol. The van der Waals surface area contributed by atoms with E-state index < -0.39 is 5.54 Å². The van der Waals surface area contributed by atoms with Crippen LogP contribution in [-0.2, 0) is 9.53 Å². The summed E-state index contributed by atoms with van der Waals surface area (Å²) in [5.41, 5.74) is 5.16. The van der Waals surface area contributed by atoms with Crippen LogP contribution in [0.3, 0.4) is 0 Å². The van der Waals surface area contributed by atoms with E-state index >= 15 is 0 Å². The van der Waals surface area contributed by atoms with Crippen molar-refractivity contribution in [1.82, 2.24) is 4.90 Å². The lowest BCUT2D eigenvalue weighted by Crippen LogP contribution is -2.48. The Morgan fingerprint density at radius 3 is 2.53 bits per heavy atom. The molecule has 2 N–H and O–H groups in total. The van der Waals surface area contributed by atoms with Crippen molar-refractivity contribution in [2.75, 3.05) is 19.7 Å². The lowest BCUT2D eigenvalue weighted by molar-refractivity contribution is -0.149. The first kappa shape index (κ1) is 14.5. The summed E-state index contributed by atoms with van der Waals surface area (Å²) in [6.07, 6.45) is 4.40. The molecule has 0 bridgehead atoms. The minimum Gasteiger partial charge on any atom is -0.465 e. The van der Waals surface area contributed by atoms with Crippen LogP contribution in [0.25, 0.3) is 0 Å². The van der Waals surface area contributed by atoms with Gasteiger partial charge in [-0.05, 0) is 46.1 Å². The highest BCUT2D eigenvalue weighted by molar-refractivity contribution is 5.79. The van der Waals surface area contributed by atoms with Gasteiger partial charge in [0, 0.05) is 12.6 Å². The molecule has 4 heteroatoms. The van der Waals surface area contributed by atoms with Crippen molar-refractivity contribution >= 4 is 5.97 Å². The van der Waals surface area contributed by atoms with Gasteiger partial charge in [0.05, 0.1) is 6.61 Å². The normalized spacial score (nSPS) is 19.1. The quantitative estimate of drug-likeness (QED) is 0.656. The third-order valence-electron chi connectivity index (χ3n) is 3.23. The minimum absolute atomic E-state index is 0.285. The first-order valence-electron chi connectivity index (χ1n) is 6.71. The Hall–Kier alpha value is -0.610. The molecule has 0 aromatic carbocycles. The molecule has 0 heterocycles. The Labute approximate surface area is 104 Å². The number of ether oxygens (including phenoxy) is 1. The van der Waals surface area contributed by atoms with E-state index in [0.29, 0.717) is 13.0 Å². The van der Waals surface area contributed by atoms with Crippen LogP contribution in [0.4, 0.5) is 0 Å². The van der Waals surface area contributed by atoms with Gasteiger partial charge in [0.1, 0.15) is 5.54 Å². The smallest absolute Gasteiger partial charge is 0.325 e. The lowest BCUT2D eigenvalue weighted by atomic mass is 9.99. The second-order valence-electron chi connectivity index (χ2n) is 5.16. The molecule has 0 aromatic rings. The average Bonchev–Trinajstić information content (AvgIpc) is 3.08. The Kier molecular flexibility index (Phi) is 5.40. The van der Waals surface area contributed by atoms with Crippen LogP contribution in [0.2, 0.25) is 0 Å². The summed E-state index contributed by atoms with van der Waals surface area (Å²) in [6, 6.07) is 0.730. The highest BCUT2D eigenvalue weighted by Gasteiger charge is 2.33. The number of esters is 1. The Morgan fingerprint density at radius 1 is 1.41 bits per heavy atom. The molecular weight excluding hydrogens is 216 g/mol. The number of nitrogens with zero attached hydrogens (tertiary/aromatic N) is 1. The molecule has 0 aromatic heterocycles. The molecule has 0 aliphatic heterocycles. The van der Waals surface area contributed by atoms with E-state index in [1.165, 1.54) is 12.8 Å². The molecule has 0 radical (unpaired) electrons. The maximum atomic E-state index is 11.7. The lowest BCUT2D eigenvalue weighted by Gasteiger charge is -2.27. The number of carbonyl (C=O) groups excluding carboxylic acids is 1. The van der Waals surface area contributed by atoms with Crippen molar-refractivity contribution in [3.05, 3.63) is 0 Å². The third-order valence-corrected chi connectivity index (χ3v) is 3.23. The summed E-state index contributed by atoms with van der Waals surface area (Å²) < 4.78 is 4.99.